The highest BCUT2D eigenvalue weighted by Gasteiger charge is 2.35. The number of likely N-dealkylation sites (tertiary alicyclic amines) is 1. The predicted octanol–water partition coefficient (Wildman–Crippen LogP) is 4.20. The first-order chi connectivity index (χ1) is 10.4. The van der Waals surface area contributed by atoms with E-state index in [2.05, 4.69) is 17.1 Å². The second-order valence-corrected chi connectivity index (χ2v) is 7.85. The second-order valence-electron chi connectivity index (χ2n) is 7.85. The van der Waals surface area contributed by atoms with E-state index in [0.29, 0.717) is 0 Å². The van der Waals surface area contributed by atoms with Crippen molar-refractivity contribution in [2.24, 2.45) is 11.8 Å². The van der Waals surface area contributed by atoms with Crippen LogP contribution in [-0.2, 0) is 0 Å². The standard InChI is InChI=1S/C19H36N2/c1-2-13-20-18(16-8-3-4-9-16)15-21-14-7-11-17-10-5-6-12-19(17)21/h16-20H,2-15H2,1H3. The van der Waals surface area contributed by atoms with Crippen LogP contribution in [0.1, 0.15) is 77.6 Å². The van der Waals surface area contributed by atoms with Gasteiger partial charge in [-0.25, -0.2) is 0 Å². The lowest BCUT2D eigenvalue weighted by Crippen LogP contribution is -2.53. The molecule has 3 aliphatic rings. The van der Waals surface area contributed by atoms with Crippen molar-refractivity contribution in [2.45, 2.75) is 89.6 Å². The average molecular weight is 293 g/mol. The van der Waals surface area contributed by atoms with Gasteiger partial charge in [0.25, 0.3) is 0 Å². The molecule has 3 unspecified atom stereocenters. The first kappa shape index (κ1) is 15.8. The van der Waals surface area contributed by atoms with E-state index in [9.17, 15) is 0 Å². The van der Waals surface area contributed by atoms with Crippen LogP contribution in [0, 0.1) is 11.8 Å². The molecule has 122 valence electrons. The van der Waals surface area contributed by atoms with Gasteiger partial charge in [-0.15, -0.1) is 0 Å². The second kappa shape index (κ2) is 7.97. The Labute approximate surface area is 132 Å². The van der Waals surface area contributed by atoms with Crippen molar-refractivity contribution in [1.29, 1.82) is 0 Å². The molecule has 0 bridgehead atoms. The molecule has 1 heterocycles. The Morgan fingerprint density at radius 2 is 1.67 bits per heavy atom. The first-order valence-electron chi connectivity index (χ1n) is 9.86. The van der Waals surface area contributed by atoms with Crippen molar-refractivity contribution in [2.75, 3.05) is 19.6 Å². The minimum atomic E-state index is 0.771. The van der Waals surface area contributed by atoms with Crippen molar-refractivity contribution in [1.82, 2.24) is 10.2 Å². The van der Waals surface area contributed by atoms with Gasteiger partial charge in [0, 0.05) is 18.6 Å². The monoisotopic (exact) mass is 292 g/mol. The summed E-state index contributed by atoms with van der Waals surface area (Å²) in [5, 5.41) is 3.91. The molecular formula is C19H36N2. The molecule has 1 saturated heterocycles. The lowest BCUT2D eigenvalue weighted by Gasteiger charge is -2.46. The smallest absolute Gasteiger partial charge is 0.0223 e. The number of piperidine rings is 1. The van der Waals surface area contributed by atoms with E-state index in [1.807, 2.05) is 0 Å². The molecule has 1 aliphatic heterocycles. The Morgan fingerprint density at radius 3 is 2.48 bits per heavy atom. The van der Waals surface area contributed by atoms with Gasteiger partial charge in [0.1, 0.15) is 0 Å². The zero-order valence-corrected chi connectivity index (χ0v) is 14.2. The highest BCUT2D eigenvalue weighted by Crippen LogP contribution is 2.36. The molecule has 0 radical (unpaired) electrons. The van der Waals surface area contributed by atoms with Crippen molar-refractivity contribution < 1.29 is 0 Å². The Hall–Kier alpha value is -0.0800. The Bertz CT molecular complexity index is 296. The fourth-order valence-electron chi connectivity index (χ4n) is 5.28. The zero-order valence-electron chi connectivity index (χ0n) is 14.2. The fraction of sp³-hybridized carbons (Fsp3) is 1.00. The SMILES string of the molecule is CCCNC(CN1CCCC2CCCCC21)C1CCCC1. The molecule has 3 fully saturated rings. The van der Waals surface area contributed by atoms with E-state index in [4.69, 9.17) is 0 Å². The summed E-state index contributed by atoms with van der Waals surface area (Å²) < 4.78 is 0. The molecule has 3 rings (SSSR count). The number of fused-ring (bicyclic) bond motifs is 1. The minimum Gasteiger partial charge on any atom is -0.312 e. The fourth-order valence-corrected chi connectivity index (χ4v) is 5.28. The van der Waals surface area contributed by atoms with Gasteiger partial charge < -0.3 is 5.32 Å². The number of hydrogen-bond acceptors (Lipinski definition) is 2. The molecule has 0 amide bonds. The maximum absolute atomic E-state index is 3.91. The van der Waals surface area contributed by atoms with E-state index in [1.165, 1.54) is 90.3 Å². The van der Waals surface area contributed by atoms with Gasteiger partial charge in [-0.1, -0.05) is 32.6 Å². The van der Waals surface area contributed by atoms with Crippen LogP contribution in [0.5, 0.6) is 0 Å². The number of rotatable bonds is 6. The summed E-state index contributed by atoms with van der Waals surface area (Å²) in [5.74, 6) is 1.99. The van der Waals surface area contributed by atoms with Crippen LogP contribution in [-0.4, -0.2) is 36.6 Å². The molecule has 2 nitrogen and oxygen atoms in total. The number of nitrogens with one attached hydrogen (secondary N) is 1. The molecule has 0 aromatic rings. The minimum absolute atomic E-state index is 0.771. The Kier molecular flexibility index (Phi) is 5.99. The maximum atomic E-state index is 3.91. The number of nitrogens with zero attached hydrogens (tertiary/aromatic N) is 1. The third kappa shape index (κ3) is 4.01. The van der Waals surface area contributed by atoms with Crippen LogP contribution in [0.4, 0.5) is 0 Å². The van der Waals surface area contributed by atoms with Gasteiger partial charge in [0.2, 0.25) is 0 Å². The van der Waals surface area contributed by atoms with Gasteiger partial charge in [0.05, 0.1) is 0 Å². The van der Waals surface area contributed by atoms with E-state index in [0.717, 1.165) is 23.9 Å². The largest absolute Gasteiger partial charge is 0.312 e. The van der Waals surface area contributed by atoms with Crippen molar-refractivity contribution in [3.63, 3.8) is 0 Å². The first-order valence-corrected chi connectivity index (χ1v) is 9.86. The predicted molar refractivity (Wildman–Crippen MR) is 90.6 cm³/mol. The van der Waals surface area contributed by atoms with Crippen LogP contribution in [0.15, 0.2) is 0 Å². The van der Waals surface area contributed by atoms with Crippen molar-refractivity contribution in [3.05, 3.63) is 0 Å². The van der Waals surface area contributed by atoms with Crippen molar-refractivity contribution in [3.8, 4) is 0 Å². The van der Waals surface area contributed by atoms with Crippen LogP contribution >= 0.6 is 0 Å². The summed E-state index contributed by atoms with van der Waals surface area (Å²) in [6.45, 7) is 6.23. The third-order valence-electron chi connectivity index (χ3n) is 6.41. The van der Waals surface area contributed by atoms with Gasteiger partial charge in [0.15, 0.2) is 0 Å². The molecular weight excluding hydrogens is 256 g/mol. The topological polar surface area (TPSA) is 15.3 Å². The van der Waals surface area contributed by atoms with Gasteiger partial charge in [-0.05, 0) is 69.9 Å². The molecule has 0 aromatic heterocycles. The van der Waals surface area contributed by atoms with Crippen LogP contribution in [0.3, 0.4) is 0 Å². The van der Waals surface area contributed by atoms with Crippen LogP contribution in [0.2, 0.25) is 0 Å². The molecule has 0 spiro atoms. The quantitative estimate of drug-likeness (QED) is 0.789. The summed E-state index contributed by atoms with van der Waals surface area (Å²) in [4.78, 5) is 2.90. The van der Waals surface area contributed by atoms with Gasteiger partial charge >= 0.3 is 0 Å². The van der Waals surface area contributed by atoms with Gasteiger partial charge in [-0.3, -0.25) is 4.90 Å². The summed E-state index contributed by atoms with van der Waals surface area (Å²) >= 11 is 0. The zero-order chi connectivity index (χ0) is 14.5. The Morgan fingerprint density at radius 1 is 0.952 bits per heavy atom. The summed E-state index contributed by atoms with van der Waals surface area (Å²) in [7, 11) is 0. The summed E-state index contributed by atoms with van der Waals surface area (Å²) in [6, 6.07) is 1.70. The highest BCUT2D eigenvalue weighted by atomic mass is 15.2. The lowest BCUT2D eigenvalue weighted by atomic mass is 9.78. The molecule has 3 atom stereocenters. The highest BCUT2D eigenvalue weighted by molar-refractivity contribution is 4.91. The molecule has 2 aliphatic carbocycles. The molecule has 2 heteroatoms. The Balaban J connectivity index is 1.59. The van der Waals surface area contributed by atoms with E-state index < -0.39 is 0 Å². The van der Waals surface area contributed by atoms with E-state index >= 15 is 0 Å². The van der Waals surface area contributed by atoms with E-state index in [1.54, 1.807) is 0 Å². The summed E-state index contributed by atoms with van der Waals surface area (Å²) in [5.41, 5.74) is 0. The molecule has 2 saturated carbocycles. The molecule has 21 heavy (non-hydrogen) atoms. The van der Waals surface area contributed by atoms with Gasteiger partial charge in [-0.2, -0.15) is 0 Å². The third-order valence-corrected chi connectivity index (χ3v) is 6.41. The molecule has 1 N–H and O–H groups in total. The normalized spacial score (nSPS) is 33.0. The lowest BCUT2D eigenvalue weighted by molar-refractivity contribution is 0.0467. The van der Waals surface area contributed by atoms with Crippen molar-refractivity contribution >= 4 is 0 Å². The number of hydrogen-bond donors (Lipinski definition) is 1. The maximum Gasteiger partial charge on any atom is 0.0223 e. The van der Waals surface area contributed by atoms with Crippen LogP contribution in [0.25, 0.3) is 0 Å². The average Bonchev–Trinajstić information content (AvgIpc) is 3.06. The van der Waals surface area contributed by atoms with Crippen LogP contribution < -0.4 is 5.32 Å². The summed E-state index contributed by atoms with van der Waals surface area (Å²) in [6.07, 6.45) is 16.1. The molecule has 0 aromatic carbocycles. The van der Waals surface area contributed by atoms with E-state index in [-0.39, 0.29) is 0 Å².